The Labute approximate surface area is 139 Å². The minimum absolute atomic E-state index is 0.0696. The van der Waals surface area contributed by atoms with E-state index in [0.717, 1.165) is 12.8 Å². The van der Waals surface area contributed by atoms with Crippen molar-refractivity contribution in [3.8, 4) is 0 Å². The Kier molecular flexibility index (Phi) is 4.02. The van der Waals surface area contributed by atoms with Crippen LogP contribution in [0.5, 0.6) is 0 Å². The molecule has 3 rings (SSSR count). The van der Waals surface area contributed by atoms with E-state index in [1.54, 1.807) is 0 Å². The Morgan fingerprint density at radius 2 is 1.96 bits per heavy atom. The first kappa shape index (κ1) is 16.5. The summed E-state index contributed by atoms with van der Waals surface area (Å²) in [7, 11) is 0. The summed E-state index contributed by atoms with van der Waals surface area (Å²) in [6.07, 6.45) is 4.26. The van der Waals surface area contributed by atoms with E-state index in [4.69, 9.17) is 4.84 Å². The van der Waals surface area contributed by atoms with E-state index >= 15 is 0 Å². The molecule has 1 aromatic rings. The topological polar surface area (TPSA) is 38.7 Å². The van der Waals surface area contributed by atoms with Gasteiger partial charge in [0.05, 0.1) is 0 Å². The second kappa shape index (κ2) is 5.61. The fraction of sp³-hybridized carbons (Fsp3) is 0.700. The highest BCUT2D eigenvalue weighted by Gasteiger charge is 2.55. The second-order valence-electron chi connectivity index (χ2n) is 8.73. The first-order valence-corrected chi connectivity index (χ1v) is 8.91. The van der Waals surface area contributed by atoms with Crippen LogP contribution in [0, 0.1) is 16.2 Å². The maximum atomic E-state index is 10.9. The molecule has 23 heavy (non-hydrogen) atoms. The molecule has 0 N–H and O–H groups in total. The molecule has 3 atom stereocenters. The first-order chi connectivity index (χ1) is 10.8. The van der Waals surface area contributed by atoms with Gasteiger partial charge in [0.1, 0.15) is 6.10 Å². The van der Waals surface area contributed by atoms with E-state index in [9.17, 15) is 4.91 Å². The second-order valence-corrected chi connectivity index (χ2v) is 8.73. The summed E-state index contributed by atoms with van der Waals surface area (Å²) in [4.78, 5) is 16.3. The van der Waals surface area contributed by atoms with E-state index in [0.29, 0.717) is 11.8 Å². The molecule has 0 unspecified atom stereocenters. The average Bonchev–Trinajstić information content (AvgIpc) is 2.45. The van der Waals surface area contributed by atoms with Gasteiger partial charge in [-0.2, -0.15) is 0 Å². The summed E-state index contributed by atoms with van der Waals surface area (Å²) in [5, 5.41) is 2.83. The Morgan fingerprint density at radius 1 is 1.22 bits per heavy atom. The van der Waals surface area contributed by atoms with Crippen LogP contribution in [0.2, 0.25) is 0 Å². The van der Waals surface area contributed by atoms with Crippen molar-refractivity contribution in [3.05, 3.63) is 39.8 Å². The maximum absolute atomic E-state index is 10.9. The van der Waals surface area contributed by atoms with Crippen LogP contribution in [0.15, 0.2) is 23.5 Å². The van der Waals surface area contributed by atoms with Gasteiger partial charge in [0.2, 0.25) is 0 Å². The largest absolute Gasteiger partial charge is 0.360 e. The SMILES string of the molecule is CC(C)c1ccc2c(c1)C[C@@H](ON=O)[C@H]1C(C)(C)CCC[C@]21C. The normalized spacial score (nSPS) is 32.1. The molecule has 0 bridgehead atoms. The van der Waals surface area contributed by atoms with Gasteiger partial charge < -0.3 is 4.84 Å². The van der Waals surface area contributed by atoms with Gasteiger partial charge in [0.15, 0.2) is 5.34 Å². The number of nitrogens with zero attached hydrogens (tertiary/aromatic N) is 1. The standard InChI is InChI=1S/C20H29NO2/c1-13(2)14-7-8-16-15(11-14)12-17(23-21-22)18-19(3,4)9-6-10-20(16,18)5/h7-8,11,13,17-18H,6,9-10,12H2,1-5H3/t17-,18+,20-/m1/s1. The van der Waals surface area contributed by atoms with Crippen LogP contribution in [0.4, 0.5) is 0 Å². The lowest BCUT2D eigenvalue weighted by atomic mass is 9.49. The molecule has 0 heterocycles. The molecule has 126 valence electrons. The van der Waals surface area contributed by atoms with Crippen LogP contribution in [0.3, 0.4) is 0 Å². The van der Waals surface area contributed by atoms with Gasteiger partial charge in [0, 0.05) is 12.3 Å². The fourth-order valence-corrected chi connectivity index (χ4v) is 5.49. The van der Waals surface area contributed by atoms with Crippen molar-refractivity contribution < 1.29 is 4.84 Å². The summed E-state index contributed by atoms with van der Waals surface area (Å²) in [5.74, 6) is 0.844. The van der Waals surface area contributed by atoms with Crippen molar-refractivity contribution in [1.29, 1.82) is 0 Å². The minimum atomic E-state index is -0.109. The molecule has 1 aromatic carbocycles. The van der Waals surface area contributed by atoms with E-state index < -0.39 is 0 Å². The molecule has 2 aliphatic rings. The van der Waals surface area contributed by atoms with Crippen molar-refractivity contribution >= 4 is 0 Å². The van der Waals surface area contributed by atoms with Gasteiger partial charge in [-0.1, -0.05) is 59.2 Å². The summed E-state index contributed by atoms with van der Waals surface area (Å²) < 4.78 is 0. The Bertz CT molecular complexity index is 608. The predicted molar refractivity (Wildman–Crippen MR) is 93.4 cm³/mol. The number of fused-ring (bicyclic) bond motifs is 3. The zero-order chi connectivity index (χ0) is 16.8. The third-order valence-corrected chi connectivity index (χ3v) is 6.43. The van der Waals surface area contributed by atoms with Crippen molar-refractivity contribution in [1.82, 2.24) is 0 Å². The Hall–Kier alpha value is -1.38. The summed E-state index contributed by atoms with van der Waals surface area (Å²) >= 11 is 0. The highest BCUT2D eigenvalue weighted by molar-refractivity contribution is 5.43. The third-order valence-electron chi connectivity index (χ3n) is 6.43. The lowest BCUT2D eigenvalue weighted by molar-refractivity contribution is -0.0901. The van der Waals surface area contributed by atoms with Gasteiger partial charge in [-0.3, -0.25) is 0 Å². The van der Waals surface area contributed by atoms with Crippen LogP contribution >= 0.6 is 0 Å². The Balaban J connectivity index is 2.13. The van der Waals surface area contributed by atoms with Gasteiger partial charge in [0.25, 0.3) is 0 Å². The summed E-state index contributed by atoms with van der Waals surface area (Å²) in [5.41, 5.74) is 4.40. The van der Waals surface area contributed by atoms with Crippen molar-refractivity contribution in [3.63, 3.8) is 0 Å². The van der Waals surface area contributed by atoms with E-state index in [1.165, 1.54) is 29.5 Å². The number of hydrogen-bond donors (Lipinski definition) is 0. The van der Waals surface area contributed by atoms with E-state index in [-0.39, 0.29) is 16.9 Å². The molecule has 0 aliphatic heterocycles. The molecule has 2 aliphatic carbocycles. The Morgan fingerprint density at radius 3 is 2.61 bits per heavy atom. The van der Waals surface area contributed by atoms with E-state index in [1.807, 2.05) is 0 Å². The average molecular weight is 315 g/mol. The molecule has 0 amide bonds. The molecular formula is C20H29NO2. The quantitative estimate of drug-likeness (QED) is 0.544. The smallest absolute Gasteiger partial charge is 0.155 e. The zero-order valence-electron chi connectivity index (χ0n) is 15.1. The molecule has 0 radical (unpaired) electrons. The molecular weight excluding hydrogens is 286 g/mol. The monoisotopic (exact) mass is 315 g/mol. The van der Waals surface area contributed by atoms with Gasteiger partial charge in [-0.15, -0.1) is 4.91 Å². The van der Waals surface area contributed by atoms with Crippen molar-refractivity contribution in [2.24, 2.45) is 16.7 Å². The zero-order valence-corrected chi connectivity index (χ0v) is 15.1. The first-order valence-electron chi connectivity index (χ1n) is 8.91. The van der Waals surface area contributed by atoms with E-state index in [2.05, 4.69) is 58.2 Å². The maximum Gasteiger partial charge on any atom is 0.155 e. The number of hydrogen-bond acceptors (Lipinski definition) is 3. The fourth-order valence-electron chi connectivity index (χ4n) is 5.49. The molecule has 0 saturated heterocycles. The molecule has 3 nitrogen and oxygen atoms in total. The minimum Gasteiger partial charge on any atom is -0.360 e. The van der Waals surface area contributed by atoms with Crippen molar-refractivity contribution in [2.75, 3.05) is 0 Å². The lowest BCUT2D eigenvalue weighted by Gasteiger charge is -2.56. The van der Waals surface area contributed by atoms with Gasteiger partial charge >= 0.3 is 0 Å². The van der Waals surface area contributed by atoms with Crippen molar-refractivity contribution in [2.45, 2.75) is 77.7 Å². The highest BCUT2D eigenvalue weighted by atomic mass is 16.7. The summed E-state index contributed by atoms with van der Waals surface area (Å²) in [6.45, 7) is 11.5. The van der Waals surface area contributed by atoms with Crippen LogP contribution in [-0.4, -0.2) is 6.10 Å². The highest BCUT2D eigenvalue weighted by Crippen LogP contribution is 2.57. The van der Waals surface area contributed by atoms with Crippen LogP contribution in [0.1, 0.15) is 76.5 Å². The molecule has 0 spiro atoms. The van der Waals surface area contributed by atoms with Gasteiger partial charge in [-0.05, 0) is 46.3 Å². The van der Waals surface area contributed by atoms with Crippen LogP contribution < -0.4 is 0 Å². The van der Waals surface area contributed by atoms with Gasteiger partial charge in [-0.25, -0.2) is 0 Å². The third kappa shape index (κ3) is 2.58. The molecule has 3 heteroatoms. The predicted octanol–water partition coefficient (Wildman–Crippen LogP) is 5.52. The molecule has 0 aromatic heterocycles. The molecule has 1 saturated carbocycles. The number of benzene rings is 1. The molecule has 1 fully saturated rings. The lowest BCUT2D eigenvalue weighted by Crippen LogP contribution is -2.54. The van der Waals surface area contributed by atoms with Crippen LogP contribution in [-0.2, 0) is 16.7 Å². The number of rotatable bonds is 3. The van der Waals surface area contributed by atoms with Crippen LogP contribution in [0.25, 0.3) is 0 Å². The summed E-state index contributed by atoms with van der Waals surface area (Å²) in [6, 6.07) is 6.94.